The van der Waals surface area contributed by atoms with Gasteiger partial charge in [0.1, 0.15) is 11.5 Å². The van der Waals surface area contributed by atoms with E-state index < -0.39 is 0 Å². The van der Waals surface area contributed by atoms with Crippen LogP contribution in [-0.2, 0) is 4.79 Å². The van der Waals surface area contributed by atoms with E-state index in [9.17, 15) is 4.79 Å². The number of anilines is 1. The maximum atomic E-state index is 12.1. The van der Waals surface area contributed by atoms with Gasteiger partial charge in [-0.3, -0.25) is 9.69 Å². The predicted molar refractivity (Wildman–Crippen MR) is 105 cm³/mol. The Labute approximate surface area is 161 Å². The zero-order valence-corrected chi connectivity index (χ0v) is 16.0. The number of aliphatic hydroxyl groups is 2. The minimum absolute atomic E-state index is 0.0270. The van der Waals surface area contributed by atoms with Gasteiger partial charge in [0.05, 0.1) is 13.2 Å². The van der Waals surface area contributed by atoms with E-state index >= 15 is 0 Å². The Bertz CT molecular complexity index is 677. The highest BCUT2D eigenvalue weighted by Crippen LogP contribution is 2.24. The first kappa shape index (κ1) is 20.4. The summed E-state index contributed by atoms with van der Waals surface area (Å²) in [6.45, 7) is 1.15. The summed E-state index contributed by atoms with van der Waals surface area (Å²) in [4.78, 5) is 13.9. The first-order chi connectivity index (χ1) is 12.6. The lowest BCUT2D eigenvalue weighted by molar-refractivity contribution is -0.117. The number of ether oxygens (including phenoxy) is 1. The van der Waals surface area contributed by atoms with Crippen LogP contribution in [0.5, 0.6) is 11.5 Å². The maximum absolute atomic E-state index is 12.1. The zero-order valence-electron chi connectivity index (χ0n) is 14.4. The summed E-state index contributed by atoms with van der Waals surface area (Å²) in [6, 6.07) is 14.7. The molecular formula is C19H23BrN2O4. The van der Waals surface area contributed by atoms with Crippen LogP contribution in [0.2, 0.25) is 0 Å². The van der Waals surface area contributed by atoms with Crippen molar-refractivity contribution in [3.05, 3.63) is 53.0 Å². The molecule has 0 aliphatic rings. The fraction of sp³-hybridized carbons (Fsp3) is 0.316. The molecule has 1 amide bonds. The second-order valence-electron chi connectivity index (χ2n) is 5.71. The first-order valence-electron chi connectivity index (χ1n) is 8.38. The third kappa shape index (κ3) is 7.13. The van der Waals surface area contributed by atoms with Crippen LogP contribution in [0.4, 0.5) is 5.69 Å². The van der Waals surface area contributed by atoms with E-state index in [0.29, 0.717) is 30.9 Å². The molecule has 0 bridgehead atoms. The second kappa shape index (κ2) is 10.9. The Hall–Kier alpha value is -1.93. The molecular weight excluding hydrogens is 400 g/mol. The van der Waals surface area contributed by atoms with E-state index in [0.717, 1.165) is 10.2 Å². The fourth-order valence-electron chi connectivity index (χ4n) is 2.35. The van der Waals surface area contributed by atoms with Crippen molar-refractivity contribution in [2.75, 3.05) is 38.2 Å². The molecule has 0 atom stereocenters. The van der Waals surface area contributed by atoms with Gasteiger partial charge in [0.15, 0.2) is 0 Å². The number of nitrogens with zero attached hydrogens (tertiary/aromatic N) is 1. The molecule has 0 aromatic heterocycles. The number of amides is 1. The highest BCUT2D eigenvalue weighted by atomic mass is 79.9. The van der Waals surface area contributed by atoms with Crippen molar-refractivity contribution < 1.29 is 19.7 Å². The van der Waals surface area contributed by atoms with Crippen LogP contribution in [0, 0.1) is 0 Å². The smallest absolute Gasteiger partial charge is 0.238 e. The normalized spacial score (nSPS) is 10.8. The summed E-state index contributed by atoms with van der Waals surface area (Å²) >= 11 is 3.38. The number of carbonyl (C=O) groups is 1. The SMILES string of the molecule is O=C(CN(CCO)CCCO)Nc1ccc(Oc2ccc(Br)cc2)cc1. The first-order valence-corrected chi connectivity index (χ1v) is 9.17. The topological polar surface area (TPSA) is 82.0 Å². The minimum atomic E-state index is -0.169. The molecule has 0 fully saturated rings. The van der Waals surface area contributed by atoms with Gasteiger partial charge in [0.2, 0.25) is 5.91 Å². The summed E-state index contributed by atoms with van der Waals surface area (Å²) in [5, 5.41) is 20.8. The van der Waals surface area contributed by atoms with Crippen molar-refractivity contribution in [2.24, 2.45) is 0 Å². The Balaban J connectivity index is 1.87. The lowest BCUT2D eigenvalue weighted by Crippen LogP contribution is -2.36. The van der Waals surface area contributed by atoms with Crippen molar-refractivity contribution in [1.29, 1.82) is 0 Å². The predicted octanol–water partition coefficient (Wildman–Crippen LogP) is 2.86. The number of aliphatic hydroxyl groups excluding tert-OH is 2. The number of nitrogens with one attached hydrogen (secondary N) is 1. The van der Waals surface area contributed by atoms with Gasteiger partial charge in [0.25, 0.3) is 0 Å². The lowest BCUT2D eigenvalue weighted by Gasteiger charge is -2.20. The summed E-state index contributed by atoms with van der Waals surface area (Å²) < 4.78 is 6.72. The quantitative estimate of drug-likeness (QED) is 0.548. The van der Waals surface area contributed by atoms with Gasteiger partial charge in [-0.15, -0.1) is 0 Å². The third-order valence-electron chi connectivity index (χ3n) is 3.60. The van der Waals surface area contributed by atoms with Gasteiger partial charge in [-0.1, -0.05) is 15.9 Å². The lowest BCUT2D eigenvalue weighted by atomic mass is 10.3. The number of hydrogen-bond donors (Lipinski definition) is 3. The maximum Gasteiger partial charge on any atom is 0.238 e. The average molecular weight is 423 g/mol. The van der Waals surface area contributed by atoms with Crippen LogP contribution in [0.15, 0.2) is 53.0 Å². The number of halogens is 1. The molecule has 6 nitrogen and oxygen atoms in total. The van der Waals surface area contributed by atoms with Crippen molar-refractivity contribution in [3.8, 4) is 11.5 Å². The molecule has 140 valence electrons. The molecule has 0 unspecified atom stereocenters. The largest absolute Gasteiger partial charge is 0.457 e. The molecule has 7 heteroatoms. The van der Waals surface area contributed by atoms with Crippen LogP contribution < -0.4 is 10.1 Å². The molecule has 0 aliphatic carbocycles. The summed E-state index contributed by atoms with van der Waals surface area (Å²) in [5.41, 5.74) is 0.671. The van der Waals surface area contributed by atoms with E-state index in [1.165, 1.54) is 0 Å². The van der Waals surface area contributed by atoms with Crippen LogP contribution in [0.1, 0.15) is 6.42 Å². The highest BCUT2D eigenvalue weighted by molar-refractivity contribution is 9.10. The standard InChI is InChI=1S/C19H23BrN2O4/c20-15-2-6-17(7-3-15)26-18-8-4-16(5-9-18)21-19(25)14-22(11-13-24)10-1-12-23/h2-9,23-24H,1,10-14H2,(H,21,25). The van der Waals surface area contributed by atoms with Crippen molar-refractivity contribution >= 4 is 27.5 Å². The van der Waals surface area contributed by atoms with Gasteiger partial charge in [0, 0.05) is 29.9 Å². The Morgan fingerprint density at radius 2 is 1.58 bits per heavy atom. The van der Waals surface area contributed by atoms with Gasteiger partial charge in [-0.25, -0.2) is 0 Å². The summed E-state index contributed by atoms with van der Waals surface area (Å²) in [7, 11) is 0. The average Bonchev–Trinajstić information content (AvgIpc) is 2.63. The molecule has 0 aliphatic heterocycles. The zero-order chi connectivity index (χ0) is 18.8. The number of benzene rings is 2. The van der Waals surface area contributed by atoms with Gasteiger partial charge >= 0.3 is 0 Å². The molecule has 0 radical (unpaired) electrons. The van der Waals surface area contributed by atoms with E-state index in [1.807, 2.05) is 24.3 Å². The van der Waals surface area contributed by atoms with E-state index in [4.69, 9.17) is 14.9 Å². The van der Waals surface area contributed by atoms with Crippen molar-refractivity contribution in [3.63, 3.8) is 0 Å². The molecule has 0 saturated heterocycles. The summed E-state index contributed by atoms with van der Waals surface area (Å²) in [6.07, 6.45) is 0.565. The Morgan fingerprint density at radius 3 is 2.15 bits per heavy atom. The number of hydrogen-bond acceptors (Lipinski definition) is 5. The summed E-state index contributed by atoms with van der Waals surface area (Å²) in [5.74, 6) is 1.24. The van der Waals surface area contributed by atoms with Gasteiger partial charge < -0.3 is 20.3 Å². The molecule has 0 spiro atoms. The van der Waals surface area contributed by atoms with E-state index in [1.54, 1.807) is 29.2 Å². The van der Waals surface area contributed by atoms with Crippen molar-refractivity contribution in [2.45, 2.75) is 6.42 Å². The molecule has 2 aromatic carbocycles. The molecule has 2 aromatic rings. The number of carbonyl (C=O) groups excluding carboxylic acids is 1. The fourth-order valence-corrected chi connectivity index (χ4v) is 2.62. The minimum Gasteiger partial charge on any atom is -0.457 e. The number of rotatable bonds is 10. The Kier molecular flexibility index (Phi) is 8.57. The van der Waals surface area contributed by atoms with Gasteiger partial charge in [-0.2, -0.15) is 0 Å². The molecule has 26 heavy (non-hydrogen) atoms. The Morgan fingerprint density at radius 1 is 0.962 bits per heavy atom. The van der Waals surface area contributed by atoms with E-state index in [-0.39, 0.29) is 25.7 Å². The monoisotopic (exact) mass is 422 g/mol. The second-order valence-corrected chi connectivity index (χ2v) is 6.62. The van der Waals surface area contributed by atoms with Crippen LogP contribution in [0.25, 0.3) is 0 Å². The van der Waals surface area contributed by atoms with Crippen LogP contribution >= 0.6 is 15.9 Å². The molecule has 2 rings (SSSR count). The van der Waals surface area contributed by atoms with Crippen LogP contribution in [0.3, 0.4) is 0 Å². The molecule has 0 heterocycles. The van der Waals surface area contributed by atoms with Crippen LogP contribution in [-0.4, -0.2) is 53.9 Å². The third-order valence-corrected chi connectivity index (χ3v) is 4.13. The molecule has 3 N–H and O–H groups in total. The molecule has 0 saturated carbocycles. The van der Waals surface area contributed by atoms with Gasteiger partial charge in [-0.05, 0) is 55.0 Å². The van der Waals surface area contributed by atoms with Crippen molar-refractivity contribution in [1.82, 2.24) is 4.90 Å². The highest BCUT2D eigenvalue weighted by Gasteiger charge is 2.10. The van der Waals surface area contributed by atoms with E-state index in [2.05, 4.69) is 21.2 Å².